The molecule has 0 radical (unpaired) electrons. The van der Waals surface area contributed by atoms with Gasteiger partial charge in [0.25, 0.3) is 6.47 Å². The number of benzene rings is 2. The van der Waals surface area contributed by atoms with Crippen LogP contribution in [0.2, 0.25) is 0 Å². The van der Waals surface area contributed by atoms with Gasteiger partial charge in [-0.15, -0.1) is 0 Å². The molecule has 0 saturated carbocycles. The topological polar surface area (TPSA) is 114 Å². The van der Waals surface area contributed by atoms with Crippen LogP contribution in [-0.4, -0.2) is 51.8 Å². The van der Waals surface area contributed by atoms with Crippen molar-refractivity contribution >= 4 is 35.3 Å². The largest absolute Gasteiger partial charge is 0.494 e. The van der Waals surface area contributed by atoms with Crippen LogP contribution in [-0.2, 0) is 9.53 Å². The molecule has 1 heterocycles. The summed E-state index contributed by atoms with van der Waals surface area (Å²) < 4.78 is 10.2. The van der Waals surface area contributed by atoms with Gasteiger partial charge in [-0.1, -0.05) is 12.1 Å². The molecule has 33 heavy (non-hydrogen) atoms. The normalized spacial score (nSPS) is 10.9. The van der Waals surface area contributed by atoms with E-state index in [1.165, 1.54) is 0 Å². The Hall–Kier alpha value is -4.27. The number of nitrogens with two attached hydrogens (primary N) is 1. The quantitative estimate of drug-likeness (QED) is 0.187. The number of nitrogens with zero attached hydrogens (tertiary/aromatic N) is 3. The third-order valence-electron chi connectivity index (χ3n) is 4.99. The van der Waals surface area contributed by atoms with Gasteiger partial charge in [0.2, 0.25) is 0 Å². The van der Waals surface area contributed by atoms with E-state index in [0.29, 0.717) is 36.9 Å². The number of guanidine groups is 1. The first kappa shape index (κ1) is 23.4. The summed E-state index contributed by atoms with van der Waals surface area (Å²) in [7, 11) is 5.37. The summed E-state index contributed by atoms with van der Waals surface area (Å²) in [5.41, 5.74) is 10.8. The van der Waals surface area contributed by atoms with Crippen molar-refractivity contribution in [3.05, 3.63) is 60.8 Å². The molecule has 3 aromatic rings. The van der Waals surface area contributed by atoms with Gasteiger partial charge >= 0.3 is 0 Å². The van der Waals surface area contributed by atoms with E-state index in [2.05, 4.69) is 20.6 Å². The number of nitrogens with one attached hydrogen (secondary N) is 2. The number of hydrogen-bond donors (Lipinski definition) is 3. The maximum atomic E-state index is 10.3. The SMILES string of the molecule is CNc1ccc(-c2ccc(N=C(N)Nc3ccc(N(C)CCOC=O)cc3OC)nc2)cc1. The van der Waals surface area contributed by atoms with Gasteiger partial charge in [-0.2, -0.15) is 4.99 Å². The maximum absolute atomic E-state index is 10.3. The molecule has 0 aliphatic heterocycles. The van der Waals surface area contributed by atoms with E-state index >= 15 is 0 Å². The average molecular weight is 449 g/mol. The highest BCUT2D eigenvalue weighted by atomic mass is 16.5. The number of anilines is 3. The monoisotopic (exact) mass is 448 g/mol. The van der Waals surface area contributed by atoms with Crippen molar-refractivity contribution in [2.24, 2.45) is 10.7 Å². The molecular weight excluding hydrogens is 420 g/mol. The first-order chi connectivity index (χ1) is 16.0. The van der Waals surface area contributed by atoms with Crippen molar-refractivity contribution in [3.8, 4) is 16.9 Å². The Bertz CT molecular complexity index is 1080. The zero-order valence-electron chi connectivity index (χ0n) is 18.9. The predicted octanol–water partition coefficient (Wildman–Crippen LogP) is 3.47. The van der Waals surface area contributed by atoms with Crippen LogP contribution >= 0.6 is 0 Å². The Morgan fingerprint density at radius 3 is 2.55 bits per heavy atom. The molecule has 0 fully saturated rings. The molecule has 1 aromatic heterocycles. The highest BCUT2D eigenvalue weighted by molar-refractivity contribution is 5.95. The number of carbonyl (C=O) groups excluding carboxylic acids is 1. The number of rotatable bonds is 10. The summed E-state index contributed by atoms with van der Waals surface area (Å²) in [6, 6.07) is 17.5. The maximum Gasteiger partial charge on any atom is 0.293 e. The zero-order valence-corrected chi connectivity index (χ0v) is 18.9. The fraction of sp³-hybridized carbons (Fsp3) is 0.208. The molecule has 0 spiro atoms. The average Bonchev–Trinajstić information content (AvgIpc) is 2.85. The highest BCUT2D eigenvalue weighted by Gasteiger charge is 2.09. The van der Waals surface area contributed by atoms with Gasteiger partial charge < -0.3 is 30.7 Å². The molecule has 0 atom stereocenters. The lowest BCUT2D eigenvalue weighted by atomic mass is 10.1. The van der Waals surface area contributed by atoms with Crippen LogP contribution in [0.4, 0.5) is 22.9 Å². The Morgan fingerprint density at radius 1 is 1.15 bits per heavy atom. The summed E-state index contributed by atoms with van der Waals surface area (Å²) in [6.45, 7) is 1.29. The van der Waals surface area contributed by atoms with Gasteiger partial charge in [0.1, 0.15) is 12.4 Å². The van der Waals surface area contributed by atoms with Crippen LogP contribution in [0.1, 0.15) is 0 Å². The molecular formula is C24H28N6O3. The fourth-order valence-electron chi connectivity index (χ4n) is 3.13. The van der Waals surface area contributed by atoms with E-state index in [-0.39, 0.29) is 5.96 Å². The minimum absolute atomic E-state index is 0.187. The van der Waals surface area contributed by atoms with Crippen LogP contribution in [0.5, 0.6) is 5.75 Å². The minimum atomic E-state index is 0.187. The van der Waals surface area contributed by atoms with E-state index in [1.807, 2.05) is 73.6 Å². The zero-order chi connectivity index (χ0) is 23.6. The van der Waals surface area contributed by atoms with Gasteiger partial charge in [-0.3, -0.25) is 4.79 Å². The number of likely N-dealkylation sites (N-methyl/N-ethyl adjacent to an activating group) is 1. The number of pyridine rings is 1. The number of aliphatic imine (C=N–C) groups is 1. The molecule has 4 N–H and O–H groups in total. The second-order valence-corrected chi connectivity index (χ2v) is 7.13. The highest BCUT2D eigenvalue weighted by Crippen LogP contribution is 2.29. The van der Waals surface area contributed by atoms with Crippen LogP contribution < -0.4 is 26.0 Å². The van der Waals surface area contributed by atoms with Crippen LogP contribution in [0, 0.1) is 0 Å². The molecule has 9 nitrogen and oxygen atoms in total. The van der Waals surface area contributed by atoms with Gasteiger partial charge in [-0.25, -0.2) is 4.98 Å². The van der Waals surface area contributed by atoms with E-state index in [1.54, 1.807) is 13.3 Å². The van der Waals surface area contributed by atoms with Crippen molar-refractivity contribution in [3.63, 3.8) is 0 Å². The fourth-order valence-corrected chi connectivity index (χ4v) is 3.13. The van der Waals surface area contributed by atoms with E-state index < -0.39 is 0 Å². The number of hydrogen-bond acceptors (Lipinski definition) is 7. The summed E-state index contributed by atoms with van der Waals surface area (Å²) in [4.78, 5) is 21.0. The Kier molecular flexibility index (Phi) is 8.07. The molecule has 0 aliphatic carbocycles. The summed E-state index contributed by atoms with van der Waals surface area (Å²) in [5.74, 6) is 1.27. The minimum Gasteiger partial charge on any atom is -0.494 e. The summed E-state index contributed by atoms with van der Waals surface area (Å²) >= 11 is 0. The molecule has 0 saturated heterocycles. The second kappa shape index (κ2) is 11.4. The molecule has 9 heteroatoms. The van der Waals surface area contributed by atoms with Gasteiger partial charge in [0, 0.05) is 43.3 Å². The lowest BCUT2D eigenvalue weighted by molar-refractivity contribution is -0.128. The van der Waals surface area contributed by atoms with Crippen molar-refractivity contribution in [1.82, 2.24) is 4.98 Å². The van der Waals surface area contributed by atoms with Crippen molar-refractivity contribution < 1.29 is 14.3 Å². The number of carbonyl (C=O) groups is 1. The standard InChI is InChI=1S/C24H28N6O3/c1-26-19-7-4-17(5-8-19)18-6-11-23(27-15-18)29-24(25)28-21-10-9-20(14-22(21)32-3)30(2)12-13-33-16-31/h4-11,14-16,26H,12-13H2,1-3H3,(H3,25,27,28,29). The summed E-state index contributed by atoms with van der Waals surface area (Å²) in [5, 5.41) is 6.15. The van der Waals surface area contributed by atoms with Gasteiger partial charge in [0.15, 0.2) is 11.8 Å². The molecule has 2 aromatic carbocycles. The lowest BCUT2D eigenvalue weighted by Gasteiger charge is -2.20. The number of ether oxygens (including phenoxy) is 2. The van der Waals surface area contributed by atoms with Gasteiger partial charge in [-0.05, 0) is 42.0 Å². The number of methoxy groups -OCH3 is 1. The van der Waals surface area contributed by atoms with Crippen LogP contribution in [0.25, 0.3) is 11.1 Å². The Labute approximate surface area is 193 Å². The molecule has 0 unspecified atom stereocenters. The molecule has 0 bridgehead atoms. The predicted molar refractivity (Wildman–Crippen MR) is 132 cm³/mol. The Balaban J connectivity index is 1.68. The Morgan fingerprint density at radius 2 is 1.91 bits per heavy atom. The summed E-state index contributed by atoms with van der Waals surface area (Å²) in [6.07, 6.45) is 1.76. The first-order valence-corrected chi connectivity index (χ1v) is 10.3. The van der Waals surface area contributed by atoms with E-state index in [9.17, 15) is 4.79 Å². The van der Waals surface area contributed by atoms with Crippen molar-refractivity contribution in [2.75, 3.05) is 49.9 Å². The van der Waals surface area contributed by atoms with Crippen molar-refractivity contribution in [2.45, 2.75) is 0 Å². The smallest absolute Gasteiger partial charge is 0.293 e. The molecule has 172 valence electrons. The molecule has 0 aliphatic rings. The third-order valence-corrected chi connectivity index (χ3v) is 4.99. The van der Waals surface area contributed by atoms with Gasteiger partial charge in [0.05, 0.1) is 19.3 Å². The number of aromatic nitrogens is 1. The van der Waals surface area contributed by atoms with E-state index in [4.69, 9.17) is 15.2 Å². The first-order valence-electron chi connectivity index (χ1n) is 10.3. The van der Waals surface area contributed by atoms with Crippen LogP contribution in [0.3, 0.4) is 0 Å². The van der Waals surface area contributed by atoms with Crippen LogP contribution in [0.15, 0.2) is 65.8 Å². The molecule has 3 rings (SSSR count). The van der Waals surface area contributed by atoms with Crippen molar-refractivity contribution in [1.29, 1.82) is 0 Å². The third kappa shape index (κ3) is 6.36. The lowest BCUT2D eigenvalue weighted by Crippen LogP contribution is -2.24. The van der Waals surface area contributed by atoms with E-state index in [0.717, 1.165) is 22.5 Å². The second-order valence-electron chi connectivity index (χ2n) is 7.13. The molecule has 0 amide bonds.